The number of anilines is 1. The summed E-state index contributed by atoms with van der Waals surface area (Å²) in [5.41, 5.74) is 1.95. The molecule has 0 unspecified atom stereocenters. The number of amides is 1. The Bertz CT molecular complexity index is 927. The SMILES string of the molecule is COc1ccc(CCC(=O)Nc2nc(-c3cccc(F)c3)cs2)cc1F. The quantitative estimate of drug-likeness (QED) is 0.682. The highest BCUT2D eigenvalue weighted by molar-refractivity contribution is 7.14. The van der Waals surface area contributed by atoms with Gasteiger partial charge in [0.1, 0.15) is 5.82 Å². The topological polar surface area (TPSA) is 51.2 Å². The van der Waals surface area contributed by atoms with Crippen LogP contribution in [0.2, 0.25) is 0 Å². The van der Waals surface area contributed by atoms with Crippen LogP contribution in [0.1, 0.15) is 12.0 Å². The van der Waals surface area contributed by atoms with Gasteiger partial charge in [0.15, 0.2) is 16.7 Å². The van der Waals surface area contributed by atoms with Crippen molar-refractivity contribution in [3.05, 3.63) is 65.0 Å². The maximum absolute atomic E-state index is 13.7. The van der Waals surface area contributed by atoms with E-state index in [2.05, 4.69) is 10.3 Å². The van der Waals surface area contributed by atoms with Gasteiger partial charge in [-0.15, -0.1) is 11.3 Å². The molecule has 1 heterocycles. The van der Waals surface area contributed by atoms with E-state index in [-0.39, 0.29) is 23.9 Å². The molecule has 4 nitrogen and oxygen atoms in total. The molecule has 0 aliphatic heterocycles. The first-order valence-corrected chi connectivity index (χ1v) is 8.77. The summed E-state index contributed by atoms with van der Waals surface area (Å²) in [7, 11) is 1.40. The monoisotopic (exact) mass is 374 g/mol. The van der Waals surface area contributed by atoms with E-state index in [0.717, 1.165) is 0 Å². The summed E-state index contributed by atoms with van der Waals surface area (Å²) in [5, 5.41) is 4.90. The molecule has 0 bridgehead atoms. The van der Waals surface area contributed by atoms with Crippen molar-refractivity contribution in [2.75, 3.05) is 12.4 Å². The number of carbonyl (C=O) groups excluding carboxylic acids is 1. The number of aryl methyl sites for hydroxylation is 1. The third-order valence-electron chi connectivity index (χ3n) is 3.73. The van der Waals surface area contributed by atoms with Crippen LogP contribution in [0, 0.1) is 11.6 Å². The van der Waals surface area contributed by atoms with Gasteiger partial charge >= 0.3 is 0 Å². The van der Waals surface area contributed by atoms with Gasteiger partial charge in [0.05, 0.1) is 12.8 Å². The molecule has 1 aromatic heterocycles. The number of ether oxygens (including phenoxy) is 1. The highest BCUT2D eigenvalue weighted by Crippen LogP contribution is 2.25. The second kappa shape index (κ2) is 8.05. The van der Waals surface area contributed by atoms with Crippen LogP contribution in [0.5, 0.6) is 5.75 Å². The fourth-order valence-corrected chi connectivity index (χ4v) is 3.15. The molecule has 1 N–H and O–H groups in total. The van der Waals surface area contributed by atoms with E-state index in [1.54, 1.807) is 23.6 Å². The van der Waals surface area contributed by atoms with E-state index in [4.69, 9.17) is 4.74 Å². The number of nitrogens with one attached hydrogen (secondary N) is 1. The molecule has 0 aliphatic rings. The molecule has 0 radical (unpaired) electrons. The van der Waals surface area contributed by atoms with E-state index in [1.165, 1.54) is 42.7 Å². The Morgan fingerprint density at radius 2 is 2.08 bits per heavy atom. The van der Waals surface area contributed by atoms with Crippen molar-refractivity contribution in [1.82, 2.24) is 4.98 Å². The molecule has 3 aromatic rings. The van der Waals surface area contributed by atoms with Gasteiger partial charge in [-0.05, 0) is 36.2 Å². The molecule has 0 spiro atoms. The number of hydrogen-bond donors (Lipinski definition) is 1. The standard InChI is InChI=1S/C19H16F2N2O2S/c1-25-17-7-5-12(9-15(17)21)6-8-18(24)23-19-22-16(11-26-19)13-3-2-4-14(20)10-13/h2-5,7,9-11H,6,8H2,1H3,(H,22,23,24). The lowest BCUT2D eigenvalue weighted by Gasteiger charge is -2.05. The van der Waals surface area contributed by atoms with Crippen molar-refractivity contribution in [2.24, 2.45) is 0 Å². The second-order valence-electron chi connectivity index (χ2n) is 5.57. The van der Waals surface area contributed by atoms with Crippen molar-refractivity contribution in [3.63, 3.8) is 0 Å². The highest BCUT2D eigenvalue weighted by Gasteiger charge is 2.10. The van der Waals surface area contributed by atoms with Gasteiger partial charge in [-0.3, -0.25) is 4.79 Å². The summed E-state index contributed by atoms with van der Waals surface area (Å²) in [5.74, 6) is -0.842. The summed E-state index contributed by atoms with van der Waals surface area (Å²) in [6, 6.07) is 10.7. The Morgan fingerprint density at radius 3 is 2.81 bits per heavy atom. The minimum Gasteiger partial charge on any atom is -0.494 e. The van der Waals surface area contributed by atoms with Gasteiger partial charge in [-0.1, -0.05) is 18.2 Å². The molecule has 1 amide bonds. The van der Waals surface area contributed by atoms with Gasteiger partial charge in [0, 0.05) is 17.4 Å². The lowest BCUT2D eigenvalue weighted by atomic mass is 10.1. The molecule has 2 aromatic carbocycles. The van der Waals surface area contributed by atoms with Crippen molar-refractivity contribution in [1.29, 1.82) is 0 Å². The maximum atomic E-state index is 13.7. The average Bonchev–Trinajstić information content (AvgIpc) is 3.08. The normalized spacial score (nSPS) is 10.6. The third-order valence-corrected chi connectivity index (χ3v) is 4.49. The fourth-order valence-electron chi connectivity index (χ4n) is 2.42. The van der Waals surface area contributed by atoms with Gasteiger partial charge in [0.25, 0.3) is 0 Å². The molecule has 0 fully saturated rings. The van der Waals surface area contributed by atoms with Crippen molar-refractivity contribution in [2.45, 2.75) is 12.8 Å². The van der Waals surface area contributed by atoms with Gasteiger partial charge < -0.3 is 10.1 Å². The number of rotatable bonds is 6. The van der Waals surface area contributed by atoms with E-state index in [9.17, 15) is 13.6 Å². The van der Waals surface area contributed by atoms with Crippen LogP contribution in [0.4, 0.5) is 13.9 Å². The predicted octanol–water partition coefficient (Wildman–Crippen LogP) is 4.67. The smallest absolute Gasteiger partial charge is 0.226 e. The molecule has 0 saturated carbocycles. The number of carbonyl (C=O) groups is 1. The summed E-state index contributed by atoms with van der Waals surface area (Å²) in [4.78, 5) is 16.4. The lowest BCUT2D eigenvalue weighted by Crippen LogP contribution is -2.12. The van der Waals surface area contributed by atoms with E-state index >= 15 is 0 Å². The molecule has 3 rings (SSSR count). The maximum Gasteiger partial charge on any atom is 0.226 e. The Kier molecular flexibility index (Phi) is 5.58. The summed E-state index contributed by atoms with van der Waals surface area (Å²) in [6.45, 7) is 0. The molecular weight excluding hydrogens is 358 g/mol. The van der Waals surface area contributed by atoms with Gasteiger partial charge in [-0.2, -0.15) is 0 Å². The van der Waals surface area contributed by atoms with E-state index in [1.807, 2.05) is 0 Å². The molecule has 134 valence electrons. The zero-order chi connectivity index (χ0) is 18.5. The highest BCUT2D eigenvalue weighted by atomic mass is 32.1. The van der Waals surface area contributed by atoms with E-state index < -0.39 is 5.82 Å². The van der Waals surface area contributed by atoms with Crippen molar-refractivity contribution >= 4 is 22.4 Å². The fraction of sp³-hybridized carbons (Fsp3) is 0.158. The van der Waals surface area contributed by atoms with Crippen molar-refractivity contribution < 1.29 is 18.3 Å². The number of methoxy groups -OCH3 is 1. The van der Waals surface area contributed by atoms with Crippen LogP contribution in [0.25, 0.3) is 11.3 Å². The number of aromatic nitrogens is 1. The number of halogens is 2. The Labute approximate surface area is 153 Å². The number of nitrogens with zero attached hydrogens (tertiary/aromatic N) is 1. The second-order valence-corrected chi connectivity index (χ2v) is 6.42. The summed E-state index contributed by atoms with van der Waals surface area (Å²) < 4.78 is 31.8. The minimum absolute atomic E-state index is 0.172. The van der Waals surface area contributed by atoms with Crippen LogP contribution in [0.3, 0.4) is 0 Å². The first kappa shape index (κ1) is 18.0. The zero-order valence-corrected chi connectivity index (χ0v) is 14.8. The largest absolute Gasteiger partial charge is 0.494 e. The molecule has 0 atom stereocenters. The Hall–Kier alpha value is -2.80. The average molecular weight is 374 g/mol. The number of benzene rings is 2. The summed E-state index contributed by atoms with van der Waals surface area (Å²) in [6.07, 6.45) is 0.593. The van der Waals surface area contributed by atoms with Crippen LogP contribution in [-0.4, -0.2) is 18.0 Å². The first-order chi connectivity index (χ1) is 12.5. The van der Waals surface area contributed by atoms with Crippen LogP contribution in [0.15, 0.2) is 47.8 Å². The van der Waals surface area contributed by atoms with Crippen LogP contribution < -0.4 is 10.1 Å². The number of thiazole rings is 1. The van der Waals surface area contributed by atoms with Gasteiger partial charge in [0.2, 0.25) is 5.91 Å². The third kappa shape index (κ3) is 4.43. The van der Waals surface area contributed by atoms with Gasteiger partial charge in [-0.25, -0.2) is 13.8 Å². The zero-order valence-electron chi connectivity index (χ0n) is 14.0. The molecule has 0 saturated heterocycles. The Balaban J connectivity index is 1.58. The first-order valence-electron chi connectivity index (χ1n) is 7.89. The number of hydrogen-bond acceptors (Lipinski definition) is 4. The van der Waals surface area contributed by atoms with Crippen molar-refractivity contribution in [3.8, 4) is 17.0 Å². The molecule has 0 aliphatic carbocycles. The summed E-state index contributed by atoms with van der Waals surface area (Å²) >= 11 is 1.27. The minimum atomic E-state index is -0.454. The lowest BCUT2D eigenvalue weighted by molar-refractivity contribution is -0.116. The molecule has 7 heteroatoms. The predicted molar refractivity (Wildman–Crippen MR) is 97.4 cm³/mol. The van der Waals surface area contributed by atoms with E-state index in [0.29, 0.717) is 28.4 Å². The molecular formula is C19H16F2N2O2S. The molecule has 26 heavy (non-hydrogen) atoms. The Morgan fingerprint density at radius 1 is 1.23 bits per heavy atom. The van der Waals surface area contributed by atoms with Crippen LogP contribution >= 0.6 is 11.3 Å². The van der Waals surface area contributed by atoms with Crippen LogP contribution in [-0.2, 0) is 11.2 Å².